The summed E-state index contributed by atoms with van der Waals surface area (Å²) < 4.78 is 2.06. The van der Waals surface area contributed by atoms with Gasteiger partial charge in [-0.05, 0) is 37.9 Å². The lowest BCUT2D eigenvalue weighted by Crippen LogP contribution is -2.19. The van der Waals surface area contributed by atoms with Crippen LogP contribution in [0.4, 0.5) is 17.3 Å². The number of nitrogens with zero attached hydrogens (tertiary/aromatic N) is 4. The zero-order chi connectivity index (χ0) is 24.5. The number of anilines is 2. The molecule has 5 aromatic rings. The highest BCUT2D eigenvalue weighted by Gasteiger charge is 2.25. The predicted molar refractivity (Wildman–Crippen MR) is 151 cm³/mol. The van der Waals surface area contributed by atoms with E-state index in [0.29, 0.717) is 5.95 Å². The van der Waals surface area contributed by atoms with E-state index in [1.165, 1.54) is 9.79 Å². The molecule has 6 rings (SSSR count). The fourth-order valence-electron chi connectivity index (χ4n) is 4.65. The average Bonchev–Trinajstić information content (AvgIpc) is 3.30. The van der Waals surface area contributed by atoms with E-state index in [1.54, 1.807) is 11.8 Å². The summed E-state index contributed by atoms with van der Waals surface area (Å²) >= 11 is 1.80. The Morgan fingerprint density at radius 2 is 1.28 bits per heavy atom. The molecule has 0 saturated carbocycles. The molecule has 1 aromatic heterocycles. The van der Waals surface area contributed by atoms with Gasteiger partial charge in [0, 0.05) is 32.8 Å². The topological polar surface area (TPSA) is 33.4 Å². The van der Waals surface area contributed by atoms with E-state index < -0.39 is 0 Å². The van der Waals surface area contributed by atoms with Gasteiger partial charge in [-0.3, -0.25) is 4.57 Å². The summed E-state index contributed by atoms with van der Waals surface area (Å²) in [6.45, 7) is 5.98. The van der Waals surface area contributed by atoms with Gasteiger partial charge >= 0.3 is 0 Å². The first kappa shape index (κ1) is 22.1. The number of allylic oxidation sites excluding steroid dienone is 1. The second-order valence-electron chi connectivity index (χ2n) is 8.51. The van der Waals surface area contributed by atoms with Crippen LogP contribution in [0.1, 0.15) is 6.92 Å². The van der Waals surface area contributed by atoms with Gasteiger partial charge in [0.15, 0.2) is 0 Å². The van der Waals surface area contributed by atoms with Gasteiger partial charge < -0.3 is 4.90 Å². The minimum atomic E-state index is 0.556. The highest BCUT2D eigenvalue weighted by molar-refractivity contribution is 7.99. The highest BCUT2D eigenvalue weighted by atomic mass is 32.2. The molecule has 0 N–H and O–H groups in total. The standard InChI is InChI=1S/C31H24N4S/c1-22(35-25-17-9-11-19-27(25)36-28-20-12-10-18-26(28)35)21-34-30(24-15-7-4-8-16-24)29(33-31(34)32-2)23-13-5-3-6-14-23/h3-21H,2H2,1H3/b22-21+. The normalized spacial score (nSPS) is 12.7. The zero-order valence-electron chi connectivity index (χ0n) is 19.9. The second-order valence-corrected chi connectivity index (χ2v) is 9.60. The number of fused-ring (bicyclic) bond motifs is 2. The molecule has 0 unspecified atom stereocenters. The SMILES string of the molecule is C=Nc1nc(-c2ccccc2)c(-c2ccccc2)n1/C=C(\C)N1c2ccccc2Sc2ccccc21. The zero-order valence-corrected chi connectivity index (χ0v) is 20.7. The molecule has 0 saturated heterocycles. The number of aliphatic imine (C=N–C) groups is 1. The van der Waals surface area contributed by atoms with Gasteiger partial charge in [-0.25, -0.2) is 9.98 Å². The molecule has 5 heteroatoms. The third-order valence-corrected chi connectivity index (χ3v) is 7.36. The molecule has 1 aliphatic heterocycles. The van der Waals surface area contributed by atoms with Gasteiger partial charge in [0.05, 0.1) is 22.8 Å². The Balaban J connectivity index is 1.58. The first-order valence-electron chi connectivity index (χ1n) is 11.8. The van der Waals surface area contributed by atoms with Crippen LogP contribution in [0.25, 0.3) is 28.7 Å². The summed E-state index contributed by atoms with van der Waals surface area (Å²) in [5.41, 5.74) is 7.34. The Morgan fingerprint density at radius 3 is 1.86 bits per heavy atom. The molecule has 0 spiro atoms. The van der Waals surface area contributed by atoms with Crippen molar-refractivity contribution in [1.29, 1.82) is 0 Å². The van der Waals surface area contributed by atoms with E-state index in [0.717, 1.165) is 39.6 Å². The molecule has 0 radical (unpaired) electrons. The van der Waals surface area contributed by atoms with Crippen molar-refractivity contribution in [3.63, 3.8) is 0 Å². The molecular formula is C31H24N4S. The summed E-state index contributed by atoms with van der Waals surface area (Å²) in [5.74, 6) is 0.556. The Bertz CT molecular complexity index is 1540. The van der Waals surface area contributed by atoms with Crippen molar-refractivity contribution in [1.82, 2.24) is 9.55 Å². The van der Waals surface area contributed by atoms with Crippen LogP contribution in [0.5, 0.6) is 0 Å². The van der Waals surface area contributed by atoms with Gasteiger partial charge in [0.1, 0.15) is 0 Å². The van der Waals surface area contributed by atoms with Crippen molar-refractivity contribution in [3.8, 4) is 22.5 Å². The Kier molecular flexibility index (Phi) is 5.76. The number of rotatable bonds is 5. The van der Waals surface area contributed by atoms with E-state index in [2.05, 4.69) is 107 Å². The van der Waals surface area contributed by atoms with Crippen LogP contribution in [-0.2, 0) is 0 Å². The lowest BCUT2D eigenvalue weighted by atomic mass is 10.0. The van der Waals surface area contributed by atoms with Crippen molar-refractivity contribution in [2.24, 2.45) is 4.99 Å². The third kappa shape index (κ3) is 3.84. The molecule has 0 fully saturated rings. The highest BCUT2D eigenvalue weighted by Crippen LogP contribution is 2.49. The van der Waals surface area contributed by atoms with Gasteiger partial charge in [-0.1, -0.05) is 96.7 Å². The molecule has 0 atom stereocenters. The summed E-state index contributed by atoms with van der Waals surface area (Å²) in [4.78, 5) is 14.0. The molecule has 36 heavy (non-hydrogen) atoms. The number of para-hydroxylation sites is 2. The van der Waals surface area contributed by atoms with Crippen molar-refractivity contribution in [3.05, 3.63) is 115 Å². The Morgan fingerprint density at radius 1 is 0.750 bits per heavy atom. The molecule has 0 amide bonds. The molecule has 2 heterocycles. The fraction of sp³-hybridized carbons (Fsp3) is 0.0323. The average molecular weight is 485 g/mol. The number of benzene rings is 4. The maximum Gasteiger partial charge on any atom is 0.234 e. The quantitative estimate of drug-likeness (QED) is 0.234. The van der Waals surface area contributed by atoms with Gasteiger partial charge in [0.25, 0.3) is 0 Å². The number of hydrogen-bond donors (Lipinski definition) is 0. The predicted octanol–water partition coefficient (Wildman–Crippen LogP) is 8.67. The maximum absolute atomic E-state index is 4.93. The number of imidazole rings is 1. The lowest BCUT2D eigenvalue weighted by Gasteiger charge is -2.33. The molecule has 4 aromatic carbocycles. The van der Waals surface area contributed by atoms with E-state index in [4.69, 9.17) is 4.98 Å². The minimum absolute atomic E-state index is 0.556. The first-order chi connectivity index (χ1) is 17.7. The third-order valence-electron chi connectivity index (χ3n) is 6.23. The molecule has 0 bridgehead atoms. The van der Waals surface area contributed by atoms with Crippen molar-refractivity contribution in [2.45, 2.75) is 16.7 Å². The van der Waals surface area contributed by atoms with Gasteiger partial charge in [0.2, 0.25) is 5.95 Å². The van der Waals surface area contributed by atoms with Crippen LogP contribution in [0, 0.1) is 0 Å². The summed E-state index contributed by atoms with van der Waals surface area (Å²) in [7, 11) is 0. The molecule has 4 nitrogen and oxygen atoms in total. The van der Waals surface area contributed by atoms with Crippen LogP contribution in [0.3, 0.4) is 0 Å². The first-order valence-corrected chi connectivity index (χ1v) is 12.6. The van der Waals surface area contributed by atoms with Crippen molar-refractivity contribution in [2.75, 3.05) is 4.90 Å². The molecule has 1 aliphatic rings. The second kappa shape index (κ2) is 9.36. The smallest absolute Gasteiger partial charge is 0.234 e. The maximum atomic E-state index is 4.93. The molecule has 0 aliphatic carbocycles. The van der Waals surface area contributed by atoms with Crippen LogP contribution in [0.15, 0.2) is 130 Å². The van der Waals surface area contributed by atoms with E-state index in [-0.39, 0.29) is 0 Å². The van der Waals surface area contributed by atoms with Crippen LogP contribution >= 0.6 is 11.8 Å². The number of aromatic nitrogens is 2. The number of hydrogen-bond acceptors (Lipinski definition) is 4. The van der Waals surface area contributed by atoms with Crippen molar-refractivity contribution >= 4 is 42.0 Å². The van der Waals surface area contributed by atoms with Gasteiger partial charge in [-0.2, -0.15) is 0 Å². The largest absolute Gasteiger partial charge is 0.311 e. The molecule has 174 valence electrons. The summed E-state index contributed by atoms with van der Waals surface area (Å²) in [6.07, 6.45) is 2.12. The molecular weight excluding hydrogens is 460 g/mol. The van der Waals surface area contributed by atoms with Crippen LogP contribution in [-0.4, -0.2) is 16.3 Å². The summed E-state index contributed by atoms with van der Waals surface area (Å²) in [6, 6.07) is 37.6. The van der Waals surface area contributed by atoms with Crippen molar-refractivity contribution < 1.29 is 0 Å². The monoisotopic (exact) mass is 484 g/mol. The Labute approximate surface area is 215 Å². The van der Waals surface area contributed by atoms with Crippen LogP contribution < -0.4 is 4.90 Å². The Hall–Kier alpha value is -4.35. The lowest BCUT2D eigenvalue weighted by molar-refractivity contribution is 1.05. The van der Waals surface area contributed by atoms with Gasteiger partial charge in [-0.15, -0.1) is 0 Å². The fourth-order valence-corrected chi connectivity index (χ4v) is 5.71. The minimum Gasteiger partial charge on any atom is -0.311 e. The van der Waals surface area contributed by atoms with E-state index >= 15 is 0 Å². The van der Waals surface area contributed by atoms with Crippen LogP contribution in [0.2, 0.25) is 0 Å². The van der Waals surface area contributed by atoms with E-state index in [9.17, 15) is 0 Å². The summed E-state index contributed by atoms with van der Waals surface area (Å²) in [5, 5.41) is 0. The van der Waals surface area contributed by atoms with E-state index in [1.807, 2.05) is 36.4 Å².